The third kappa shape index (κ3) is 15.0. The Kier molecular flexibility index (Phi) is 19.8. The average molecular weight is 748 g/mol. The zero-order chi connectivity index (χ0) is 38.8. The van der Waals surface area contributed by atoms with Crippen LogP contribution in [0.15, 0.2) is 40.6 Å². The molecule has 1 saturated heterocycles. The normalized spacial score (nSPS) is 22.9. The fraction of sp³-hybridized carbons (Fsp3) is 0.700. The first-order valence-corrected chi connectivity index (χ1v) is 19.4. The van der Waals surface area contributed by atoms with Crippen LogP contribution in [0.25, 0.3) is 0 Å². The molecule has 1 aromatic carbocycles. The van der Waals surface area contributed by atoms with Crippen molar-refractivity contribution in [2.45, 2.75) is 159 Å². The highest BCUT2D eigenvalue weighted by Gasteiger charge is 2.44. The van der Waals surface area contributed by atoms with Gasteiger partial charge in [-0.05, 0) is 43.4 Å². The Morgan fingerprint density at radius 3 is 1.92 bits per heavy atom. The monoisotopic (exact) mass is 747 g/mol. The predicted molar refractivity (Wildman–Crippen MR) is 197 cm³/mol. The van der Waals surface area contributed by atoms with Crippen molar-refractivity contribution in [2.24, 2.45) is 10.9 Å². The van der Waals surface area contributed by atoms with Crippen molar-refractivity contribution in [1.29, 1.82) is 0 Å². The molecule has 0 spiro atoms. The lowest BCUT2D eigenvalue weighted by atomic mass is 9.92. The maximum atomic E-state index is 12.9. The van der Waals surface area contributed by atoms with Crippen molar-refractivity contribution in [1.82, 2.24) is 0 Å². The second-order valence-corrected chi connectivity index (χ2v) is 14.6. The number of carbonyl (C=O) groups is 3. The van der Waals surface area contributed by atoms with Crippen molar-refractivity contribution < 1.29 is 59.6 Å². The molecule has 298 valence electrons. The highest BCUT2D eigenvalue weighted by molar-refractivity contribution is 6.31. The zero-order valence-electron chi connectivity index (χ0n) is 31.1. The molecular weight excluding hydrogens is 686 g/mol. The summed E-state index contributed by atoms with van der Waals surface area (Å²) in [4.78, 5) is 41.5. The number of phenolic OH excluding ortho intramolecular Hbond substituents is 1. The predicted octanol–water partition coefficient (Wildman–Crippen LogP) is 4.31. The van der Waals surface area contributed by atoms with Gasteiger partial charge in [0.2, 0.25) is 0 Å². The van der Waals surface area contributed by atoms with Gasteiger partial charge >= 0.3 is 0 Å². The lowest BCUT2D eigenvalue weighted by molar-refractivity contribution is -0.304. The number of amides is 1. The molecule has 0 aliphatic carbocycles. The number of aliphatic imine (C=N–C) groups is 1. The van der Waals surface area contributed by atoms with Gasteiger partial charge < -0.3 is 45.2 Å². The van der Waals surface area contributed by atoms with Crippen LogP contribution in [0, 0.1) is 5.92 Å². The van der Waals surface area contributed by atoms with Gasteiger partial charge in [-0.25, -0.2) is 4.99 Å². The van der Waals surface area contributed by atoms with Crippen molar-refractivity contribution in [3.05, 3.63) is 41.2 Å². The fourth-order valence-electron chi connectivity index (χ4n) is 6.69. The van der Waals surface area contributed by atoms with E-state index in [9.17, 15) is 50.1 Å². The standard InChI is InChI=1S/C40H61NO12/c1-26(34(46)33-35(47)31(41-39(33)51)23-27-19-21-29(44)22-20-27)15-11-7-5-6-9-13-17-28(43)16-12-8-3-2-4-10-14-18-30(45)25-52-40-38(50)37(49)36(48)32(24-42)53-40/h19-22,26,30,32,36-38,40,42,44-45,47-50H,2-18,23-25H2,1H3/t26?,30-,32-,36-,37+,38-,40-/m1/s1. The molecule has 1 fully saturated rings. The van der Waals surface area contributed by atoms with E-state index in [1.807, 2.05) is 0 Å². The minimum atomic E-state index is -1.51. The van der Waals surface area contributed by atoms with Gasteiger partial charge in [-0.15, -0.1) is 0 Å². The Labute approximate surface area is 312 Å². The van der Waals surface area contributed by atoms with Crippen molar-refractivity contribution >= 4 is 23.2 Å². The van der Waals surface area contributed by atoms with Gasteiger partial charge in [0.25, 0.3) is 5.91 Å². The van der Waals surface area contributed by atoms with E-state index in [1.54, 1.807) is 19.1 Å². The summed E-state index contributed by atoms with van der Waals surface area (Å²) < 4.78 is 10.7. The van der Waals surface area contributed by atoms with Gasteiger partial charge in [0.05, 0.1) is 25.0 Å². The Hall–Kier alpha value is -3.04. The molecule has 13 heteroatoms. The summed E-state index contributed by atoms with van der Waals surface area (Å²) in [5.41, 5.74) is 0.687. The SMILES string of the molecule is CC(CCCCCCCCC(=O)CCCCCCCCC[C@@H](O)CO[C@@H]1O[C@H](CO)[C@@H](O)[C@H](O)[C@H]1O)C(=O)C1=C(O)C(Cc2ccc(O)cc2)=NC1=O. The lowest BCUT2D eigenvalue weighted by Crippen LogP contribution is -2.59. The van der Waals surface area contributed by atoms with E-state index in [-0.39, 0.29) is 41.6 Å². The number of aliphatic hydroxyl groups is 6. The molecule has 2 aliphatic heterocycles. The molecule has 0 bridgehead atoms. The first-order valence-electron chi connectivity index (χ1n) is 19.4. The number of rotatable bonds is 27. The summed E-state index contributed by atoms with van der Waals surface area (Å²) >= 11 is 0. The highest BCUT2D eigenvalue weighted by Crippen LogP contribution is 2.25. The third-order valence-corrected chi connectivity index (χ3v) is 10.1. The maximum Gasteiger partial charge on any atom is 0.284 e. The minimum absolute atomic E-state index is 0.0973. The number of ether oxygens (including phenoxy) is 2. The van der Waals surface area contributed by atoms with Crippen LogP contribution in [0.4, 0.5) is 0 Å². The van der Waals surface area contributed by atoms with Crippen molar-refractivity contribution in [2.75, 3.05) is 13.2 Å². The molecule has 0 radical (unpaired) electrons. The molecular formula is C40H61NO12. The quantitative estimate of drug-likeness (QED) is 0.0494. The molecule has 3 rings (SSSR count). The molecule has 2 heterocycles. The first-order chi connectivity index (χ1) is 25.4. The molecule has 1 aromatic rings. The summed E-state index contributed by atoms with van der Waals surface area (Å²) in [5.74, 6) is -1.41. The number of ketones is 2. The second kappa shape index (κ2) is 23.7. The average Bonchev–Trinajstić information content (AvgIpc) is 3.42. The largest absolute Gasteiger partial charge is 0.508 e. The van der Waals surface area contributed by atoms with Gasteiger partial charge in [0, 0.05) is 25.2 Å². The number of aromatic hydroxyl groups is 1. The summed E-state index contributed by atoms with van der Waals surface area (Å²) in [6.45, 7) is 1.14. The van der Waals surface area contributed by atoms with E-state index >= 15 is 0 Å². The smallest absolute Gasteiger partial charge is 0.284 e. The topological polar surface area (TPSA) is 224 Å². The number of benzene rings is 1. The molecule has 0 aromatic heterocycles. The van der Waals surface area contributed by atoms with E-state index in [0.29, 0.717) is 31.5 Å². The van der Waals surface area contributed by atoms with Crippen LogP contribution in [0.5, 0.6) is 5.75 Å². The molecule has 13 nitrogen and oxygen atoms in total. The van der Waals surface area contributed by atoms with E-state index in [4.69, 9.17) is 9.47 Å². The number of hydrogen-bond donors (Lipinski definition) is 7. The van der Waals surface area contributed by atoms with Gasteiger partial charge in [-0.3, -0.25) is 14.4 Å². The highest BCUT2D eigenvalue weighted by atomic mass is 16.7. The number of unbranched alkanes of at least 4 members (excludes halogenated alkanes) is 11. The Bertz CT molecular complexity index is 1340. The van der Waals surface area contributed by atoms with Crippen LogP contribution in [-0.4, -0.2) is 109 Å². The lowest BCUT2D eigenvalue weighted by Gasteiger charge is -2.39. The minimum Gasteiger partial charge on any atom is -0.508 e. The second-order valence-electron chi connectivity index (χ2n) is 14.6. The van der Waals surface area contributed by atoms with Gasteiger partial charge in [0.1, 0.15) is 41.5 Å². The molecule has 1 amide bonds. The molecule has 53 heavy (non-hydrogen) atoms. The molecule has 7 atom stereocenters. The Morgan fingerprint density at radius 1 is 0.792 bits per heavy atom. The number of Topliss-reactive ketones (excluding diaryl/α,β-unsaturated/α-hetero) is 2. The van der Waals surface area contributed by atoms with Crippen LogP contribution in [0.3, 0.4) is 0 Å². The summed E-state index contributed by atoms with van der Waals surface area (Å²) in [7, 11) is 0. The van der Waals surface area contributed by atoms with Gasteiger partial charge in [0.15, 0.2) is 17.8 Å². The van der Waals surface area contributed by atoms with Crippen LogP contribution in [-0.2, 0) is 30.3 Å². The van der Waals surface area contributed by atoms with E-state index in [2.05, 4.69) is 4.99 Å². The van der Waals surface area contributed by atoms with Crippen LogP contribution >= 0.6 is 0 Å². The Morgan fingerprint density at radius 2 is 1.34 bits per heavy atom. The Balaban J connectivity index is 1.12. The summed E-state index contributed by atoms with van der Waals surface area (Å²) in [6, 6.07) is 6.36. The number of hydrogen-bond acceptors (Lipinski definition) is 12. The number of carbonyl (C=O) groups excluding carboxylic acids is 3. The van der Waals surface area contributed by atoms with Gasteiger partial charge in [-0.1, -0.05) is 89.7 Å². The number of nitrogens with zero attached hydrogens (tertiary/aromatic N) is 1. The molecule has 0 saturated carbocycles. The van der Waals surface area contributed by atoms with E-state index < -0.39 is 55.2 Å². The summed E-state index contributed by atoms with van der Waals surface area (Å²) in [5, 5.41) is 69.1. The van der Waals surface area contributed by atoms with E-state index in [1.165, 1.54) is 12.1 Å². The van der Waals surface area contributed by atoms with Crippen LogP contribution < -0.4 is 0 Å². The maximum absolute atomic E-state index is 12.9. The van der Waals surface area contributed by atoms with Crippen LogP contribution in [0.1, 0.15) is 122 Å². The van der Waals surface area contributed by atoms with E-state index in [0.717, 1.165) is 89.0 Å². The van der Waals surface area contributed by atoms with Crippen molar-refractivity contribution in [3.63, 3.8) is 0 Å². The molecule has 7 N–H and O–H groups in total. The molecule has 2 aliphatic rings. The molecule has 1 unspecified atom stereocenters. The van der Waals surface area contributed by atoms with Crippen LogP contribution in [0.2, 0.25) is 0 Å². The number of allylic oxidation sites excluding steroid dienone is 1. The summed E-state index contributed by atoms with van der Waals surface area (Å²) in [6.07, 6.45) is 7.58. The number of aliphatic hydroxyl groups excluding tert-OH is 6. The fourth-order valence-corrected chi connectivity index (χ4v) is 6.69. The van der Waals surface area contributed by atoms with Crippen molar-refractivity contribution in [3.8, 4) is 5.75 Å². The number of phenols is 1. The van der Waals surface area contributed by atoms with Gasteiger partial charge in [-0.2, -0.15) is 0 Å². The zero-order valence-corrected chi connectivity index (χ0v) is 31.1. The first kappa shape index (κ1) is 44.4. The third-order valence-electron chi connectivity index (χ3n) is 10.1.